The third-order valence-electron chi connectivity index (χ3n) is 3.67. The van der Waals surface area contributed by atoms with Crippen molar-refractivity contribution in [2.24, 2.45) is 0 Å². The second kappa shape index (κ2) is 7.42. The number of aliphatic carboxylic acids is 1. The number of carbonyl (C=O) groups excluding carboxylic acids is 1. The lowest BCUT2D eigenvalue weighted by Gasteiger charge is -2.34. The summed E-state index contributed by atoms with van der Waals surface area (Å²) in [6.45, 7) is 1.10. The molecule has 1 N–H and O–H groups in total. The monoisotopic (exact) mass is 323 g/mol. The average molecular weight is 324 g/mol. The molecule has 118 valence electrons. The van der Waals surface area contributed by atoms with Crippen molar-refractivity contribution in [3.63, 3.8) is 0 Å². The molecule has 0 unspecified atom stereocenters. The number of ether oxygens (including phenoxy) is 1. The van der Waals surface area contributed by atoms with E-state index in [2.05, 4.69) is 0 Å². The van der Waals surface area contributed by atoms with Crippen LogP contribution in [-0.2, 0) is 14.3 Å². The molecule has 0 saturated carbocycles. The number of nitrogens with zero attached hydrogens (tertiary/aromatic N) is 1. The number of esters is 1. The van der Waals surface area contributed by atoms with Gasteiger partial charge in [-0.05, 0) is 36.6 Å². The number of rotatable bonds is 4. The molecule has 22 heavy (non-hydrogen) atoms. The number of halogens is 1. The van der Waals surface area contributed by atoms with E-state index in [9.17, 15) is 9.59 Å². The van der Waals surface area contributed by atoms with Gasteiger partial charge in [-0.3, -0.25) is 4.90 Å². The van der Waals surface area contributed by atoms with Crippen LogP contribution in [0.15, 0.2) is 35.9 Å². The Morgan fingerprint density at radius 3 is 2.77 bits per heavy atom. The van der Waals surface area contributed by atoms with Crippen molar-refractivity contribution in [2.45, 2.75) is 18.9 Å². The molecule has 6 heteroatoms. The lowest BCUT2D eigenvalue weighted by molar-refractivity contribution is -0.147. The second-order valence-corrected chi connectivity index (χ2v) is 5.57. The lowest BCUT2D eigenvalue weighted by atomic mass is 9.98. The molecule has 1 saturated heterocycles. The fourth-order valence-electron chi connectivity index (χ4n) is 2.72. The van der Waals surface area contributed by atoms with Gasteiger partial charge < -0.3 is 9.84 Å². The summed E-state index contributed by atoms with van der Waals surface area (Å²) in [5.74, 6) is -1.37. The Balaban J connectivity index is 2.32. The van der Waals surface area contributed by atoms with Gasteiger partial charge in [0.1, 0.15) is 6.04 Å². The largest absolute Gasteiger partial charge is 0.478 e. The first-order valence-electron chi connectivity index (χ1n) is 7.01. The quantitative estimate of drug-likeness (QED) is 0.681. The molecule has 0 radical (unpaired) electrons. The Morgan fingerprint density at radius 2 is 2.14 bits per heavy atom. The number of methoxy groups -OCH3 is 1. The number of carboxylic acids is 1. The van der Waals surface area contributed by atoms with E-state index >= 15 is 0 Å². The fourth-order valence-corrected chi connectivity index (χ4v) is 2.96. The number of hydrogen-bond acceptors (Lipinski definition) is 4. The summed E-state index contributed by atoms with van der Waals surface area (Å²) < 4.78 is 4.92. The zero-order chi connectivity index (χ0) is 16.1. The zero-order valence-electron chi connectivity index (χ0n) is 12.3. The number of carboxylic acid groups (broad SMARTS) is 1. The van der Waals surface area contributed by atoms with Crippen LogP contribution >= 0.6 is 11.6 Å². The Bertz CT molecular complexity index is 600. The van der Waals surface area contributed by atoms with Crippen LogP contribution in [0.1, 0.15) is 24.4 Å². The molecule has 0 amide bonds. The summed E-state index contributed by atoms with van der Waals surface area (Å²) in [5.41, 5.74) is 1.47. The van der Waals surface area contributed by atoms with Gasteiger partial charge in [-0.2, -0.15) is 0 Å². The van der Waals surface area contributed by atoms with Crippen LogP contribution in [0, 0.1) is 0 Å². The molecular weight excluding hydrogens is 306 g/mol. The normalized spacial score (nSPS) is 18.9. The van der Waals surface area contributed by atoms with Crippen LogP contribution in [-0.4, -0.2) is 42.1 Å². The predicted molar refractivity (Wildman–Crippen MR) is 82.7 cm³/mol. The lowest BCUT2D eigenvalue weighted by Crippen LogP contribution is -2.39. The van der Waals surface area contributed by atoms with Crippen LogP contribution < -0.4 is 0 Å². The van der Waals surface area contributed by atoms with Crippen molar-refractivity contribution in [1.82, 2.24) is 4.90 Å². The molecular formula is C16H18ClNO4. The minimum absolute atomic E-state index is 0.398. The molecule has 1 aromatic rings. The van der Waals surface area contributed by atoms with Crippen LogP contribution in [0.4, 0.5) is 0 Å². The van der Waals surface area contributed by atoms with Gasteiger partial charge in [0, 0.05) is 17.6 Å². The van der Waals surface area contributed by atoms with Crippen molar-refractivity contribution in [1.29, 1.82) is 0 Å². The molecule has 1 aliphatic rings. The number of likely N-dealkylation sites (tertiary alicyclic amines) is 1. The van der Waals surface area contributed by atoms with E-state index < -0.39 is 18.0 Å². The van der Waals surface area contributed by atoms with E-state index in [0.29, 0.717) is 23.7 Å². The summed E-state index contributed by atoms with van der Waals surface area (Å²) >= 11 is 6.22. The van der Waals surface area contributed by atoms with Crippen LogP contribution in [0.25, 0.3) is 0 Å². The Kier molecular flexibility index (Phi) is 5.57. The topological polar surface area (TPSA) is 66.8 Å². The maximum atomic E-state index is 12.2. The molecule has 1 heterocycles. The summed E-state index contributed by atoms with van der Waals surface area (Å²) in [4.78, 5) is 25.0. The molecule has 1 aromatic carbocycles. The smallest absolute Gasteiger partial charge is 0.328 e. The van der Waals surface area contributed by atoms with E-state index in [1.807, 2.05) is 11.0 Å². The first-order chi connectivity index (χ1) is 10.5. The maximum Gasteiger partial charge on any atom is 0.328 e. The SMILES string of the molecule is COC(=O)[C@H](c1ccccc1Cl)N1CCC/C(=C\C(=O)O)C1. The van der Waals surface area contributed by atoms with Gasteiger partial charge in [-0.25, -0.2) is 9.59 Å². The molecule has 5 nitrogen and oxygen atoms in total. The molecule has 0 aromatic heterocycles. The first-order valence-corrected chi connectivity index (χ1v) is 7.39. The number of carbonyl (C=O) groups is 2. The van der Waals surface area contributed by atoms with Gasteiger partial charge in [-0.15, -0.1) is 0 Å². The predicted octanol–water partition coefficient (Wildman–Crippen LogP) is 2.66. The van der Waals surface area contributed by atoms with Gasteiger partial charge in [0.15, 0.2) is 0 Å². The highest BCUT2D eigenvalue weighted by molar-refractivity contribution is 6.31. The van der Waals surface area contributed by atoms with Crippen LogP contribution in [0.5, 0.6) is 0 Å². The third kappa shape index (κ3) is 3.87. The van der Waals surface area contributed by atoms with Crippen LogP contribution in [0.2, 0.25) is 5.02 Å². The number of hydrogen-bond donors (Lipinski definition) is 1. The molecule has 1 atom stereocenters. The van der Waals surface area contributed by atoms with Crippen molar-refractivity contribution in [3.05, 3.63) is 46.5 Å². The third-order valence-corrected chi connectivity index (χ3v) is 4.01. The average Bonchev–Trinajstić information content (AvgIpc) is 2.49. The Hall–Kier alpha value is -1.85. The molecule has 0 bridgehead atoms. The van der Waals surface area contributed by atoms with E-state index in [4.69, 9.17) is 21.4 Å². The van der Waals surface area contributed by atoms with Crippen LogP contribution in [0.3, 0.4) is 0 Å². The minimum Gasteiger partial charge on any atom is -0.478 e. The van der Waals surface area contributed by atoms with E-state index in [1.165, 1.54) is 13.2 Å². The van der Waals surface area contributed by atoms with Gasteiger partial charge in [0.25, 0.3) is 0 Å². The van der Waals surface area contributed by atoms with Gasteiger partial charge >= 0.3 is 11.9 Å². The van der Waals surface area contributed by atoms with Gasteiger partial charge in [0.05, 0.1) is 7.11 Å². The van der Waals surface area contributed by atoms with Crippen molar-refractivity contribution in [3.8, 4) is 0 Å². The second-order valence-electron chi connectivity index (χ2n) is 5.16. The standard InChI is InChI=1S/C16H18ClNO4/c1-22-16(21)15(12-6-2-3-7-13(12)17)18-8-4-5-11(10-18)9-14(19)20/h2-3,6-7,9,15H,4-5,8,10H2,1H3,(H,19,20)/b11-9+/t15-/m0/s1. The van der Waals surface area contributed by atoms with E-state index in [0.717, 1.165) is 18.4 Å². The summed E-state index contributed by atoms with van der Waals surface area (Å²) in [6, 6.07) is 6.50. The number of benzene rings is 1. The Labute approximate surface area is 134 Å². The molecule has 1 fully saturated rings. The van der Waals surface area contributed by atoms with Crippen molar-refractivity contribution in [2.75, 3.05) is 20.2 Å². The maximum absolute atomic E-state index is 12.2. The number of piperidine rings is 1. The summed E-state index contributed by atoms with van der Waals surface area (Å²) in [6.07, 6.45) is 2.73. The van der Waals surface area contributed by atoms with Crippen molar-refractivity contribution < 1.29 is 19.4 Å². The van der Waals surface area contributed by atoms with E-state index in [-0.39, 0.29) is 0 Å². The summed E-state index contributed by atoms with van der Waals surface area (Å²) in [7, 11) is 1.34. The first kappa shape index (κ1) is 16.5. The minimum atomic E-state index is -0.968. The van der Waals surface area contributed by atoms with Gasteiger partial charge in [0.2, 0.25) is 0 Å². The molecule has 0 aliphatic carbocycles. The summed E-state index contributed by atoms with van der Waals surface area (Å²) in [5, 5.41) is 9.39. The van der Waals surface area contributed by atoms with Crippen molar-refractivity contribution >= 4 is 23.5 Å². The fraction of sp³-hybridized carbons (Fsp3) is 0.375. The van der Waals surface area contributed by atoms with Gasteiger partial charge in [-0.1, -0.05) is 29.8 Å². The molecule has 2 rings (SSSR count). The zero-order valence-corrected chi connectivity index (χ0v) is 13.0. The van der Waals surface area contributed by atoms with E-state index in [1.54, 1.807) is 18.2 Å². The Morgan fingerprint density at radius 1 is 1.41 bits per heavy atom. The molecule has 0 spiro atoms. The highest BCUT2D eigenvalue weighted by Crippen LogP contribution is 2.31. The highest BCUT2D eigenvalue weighted by Gasteiger charge is 2.32. The highest BCUT2D eigenvalue weighted by atomic mass is 35.5. The molecule has 1 aliphatic heterocycles.